The zero-order valence-corrected chi connectivity index (χ0v) is 20.4. The summed E-state index contributed by atoms with van der Waals surface area (Å²) in [5.74, 6) is -0.00728. The van der Waals surface area contributed by atoms with Gasteiger partial charge in [0.2, 0.25) is 0 Å². The largest absolute Gasteiger partial charge is 0.383 e. The number of nitrogens with two attached hydrogens (primary N) is 1. The Hall–Kier alpha value is -2.72. The van der Waals surface area contributed by atoms with Crippen LogP contribution in [0.25, 0.3) is 9.88 Å². The Morgan fingerprint density at radius 3 is 2.72 bits per heavy atom. The van der Waals surface area contributed by atoms with Crippen molar-refractivity contribution in [2.75, 3.05) is 17.2 Å². The molecule has 0 aromatic carbocycles. The van der Waals surface area contributed by atoms with E-state index in [9.17, 15) is 14.4 Å². The molecule has 0 unspecified atom stereocenters. The van der Waals surface area contributed by atoms with Crippen molar-refractivity contribution in [2.24, 2.45) is 5.92 Å². The van der Waals surface area contributed by atoms with Crippen molar-refractivity contribution in [2.45, 2.75) is 53.5 Å². The van der Waals surface area contributed by atoms with E-state index in [0.717, 1.165) is 22.7 Å². The van der Waals surface area contributed by atoms with Crippen molar-refractivity contribution in [1.29, 1.82) is 0 Å². The number of nitrogens with zero attached hydrogens (tertiary/aromatic N) is 3. The van der Waals surface area contributed by atoms with Crippen molar-refractivity contribution in [1.82, 2.24) is 14.5 Å². The normalized spacial score (nSPS) is 11.3. The van der Waals surface area contributed by atoms with E-state index < -0.39 is 11.2 Å². The Labute approximate surface area is 194 Å². The maximum absolute atomic E-state index is 13.7. The highest BCUT2D eigenvalue weighted by molar-refractivity contribution is 7.22. The minimum absolute atomic E-state index is 0.0185. The fourth-order valence-electron chi connectivity index (χ4n) is 3.30. The fourth-order valence-corrected chi connectivity index (χ4v) is 5.11. The van der Waals surface area contributed by atoms with Gasteiger partial charge in [0.15, 0.2) is 5.69 Å². The Morgan fingerprint density at radius 2 is 2.09 bits per heavy atom. The number of aryl methyl sites for hydroxylation is 1. The van der Waals surface area contributed by atoms with Crippen LogP contribution in [0.3, 0.4) is 0 Å². The molecule has 10 heteroatoms. The van der Waals surface area contributed by atoms with Gasteiger partial charge in [-0.3, -0.25) is 24.0 Å². The summed E-state index contributed by atoms with van der Waals surface area (Å²) in [5, 5.41) is 2.72. The molecule has 172 valence electrons. The van der Waals surface area contributed by atoms with E-state index in [4.69, 9.17) is 5.73 Å². The predicted molar refractivity (Wildman–Crippen MR) is 132 cm³/mol. The number of nitrogen functional groups attached to an aromatic ring is 1. The lowest BCUT2D eigenvalue weighted by molar-refractivity contribution is 0.0988. The lowest BCUT2D eigenvalue weighted by atomic mass is 10.1. The molecule has 0 bridgehead atoms. The van der Waals surface area contributed by atoms with Gasteiger partial charge in [0, 0.05) is 13.1 Å². The maximum atomic E-state index is 13.7. The third-order valence-corrected chi connectivity index (χ3v) is 7.30. The number of unbranched alkanes of at least 4 members (excludes halogenated alkanes) is 1. The highest BCUT2D eigenvalue weighted by Gasteiger charge is 2.28. The van der Waals surface area contributed by atoms with Crippen LogP contribution in [0.4, 0.5) is 11.5 Å². The van der Waals surface area contributed by atoms with Gasteiger partial charge in [-0.05, 0) is 37.1 Å². The lowest BCUT2D eigenvalue weighted by Gasteiger charge is -2.25. The molecule has 8 nitrogen and oxygen atoms in total. The standard InChI is InChI=1S/C22H29N5O3S2/c1-5-6-10-27-18(23)16(19(28)25-22(27)30)26(11-9-13(2)3)21(29)17-14(4)24-20(32-17)15-8-7-12-31-15/h7-8,12-13H,5-6,9-11,23H2,1-4H3,(H,25,28,30). The molecule has 3 aromatic rings. The molecule has 3 heterocycles. The predicted octanol–water partition coefficient (Wildman–Crippen LogP) is 4.11. The first-order valence-electron chi connectivity index (χ1n) is 10.7. The number of anilines is 2. The summed E-state index contributed by atoms with van der Waals surface area (Å²) in [7, 11) is 0. The van der Waals surface area contributed by atoms with Crippen LogP contribution in [0.15, 0.2) is 27.1 Å². The number of hydrogen-bond acceptors (Lipinski definition) is 7. The SMILES string of the molecule is CCCCn1c(N)c(N(CCC(C)C)C(=O)c2sc(-c3cccs3)nc2C)c(=O)[nH]c1=O. The molecule has 3 N–H and O–H groups in total. The van der Waals surface area contributed by atoms with E-state index in [1.165, 1.54) is 20.8 Å². The summed E-state index contributed by atoms with van der Waals surface area (Å²) in [6.07, 6.45) is 2.27. The number of thiazole rings is 1. The first-order chi connectivity index (χ1) is 15.2. The van der Waals surface area contributed by atoms with E-state index in [1.807, 2.05) is 38.3 Å². The Balaban J connectivity index is 2.09. The summed E-state index contributed by atoms with van der Waals surface area (Å²) >= 11 is 2.86. The van der Waals surface area contributed by atoms with Crippen LogP contribution < -0.4 is 21.9 Å². The number of H-pyrrole nitrogens is 1. The molecule has 0 aliphatic rings. The Kier molecular flexibility index (Phi) is 7.68. The van der Waals surface area contributed by atoms with Crippen molar-refractivity contribution < 1.29 is 4.79 Å². The van der Waals surface area contributed by atoms with Gasteiger partial charge in [-0.25, -0.2) is 9.78 Å². The first-order valence-corrected chi connectivity index (χ1v) is 12.4. The van der Waals surface area contributed by atoms with Gasteiger partial charge in [0.1, 0.15) is 15.7 Å². The lowest BCUT2D eigenvalue weighted by Crippen LogP contribution is -2.42. The molecule has 0 aliphatic carbocycles. The second-order valence-electron chi connectivity index (χ2n) is 8.05. The van der Waals surface area contributed by atoms with Crippen LogP contribution >= 0.6 is 22.7 Å². The smallest absolute Gasteiger partial charge is 0.330 e. The fraction of sp³-hybridized carbons (Fsp3) is 0.455. The highest BCUT2D eigenvalue weighted by atomic mass is 32.1. The summed E-state index contributed by atoms with van der Waals surface area (Å²) in [4.78, 5) is 48.6. The number of carbonyl (C=O) groups excluding carboxylic acids is 1. The van der Waals surface area contributed by atoms with Crippen LogP contribution in [0.1, 0.15) is 55.4 Å². The molecule has 32 heavy (non-hydrogen) atoms. The Bertz CT molecular complexity index is 1190. The molecule has 0 radical (unpaired) electrons. The molecule has 3 aromatic heterocycles. The van der Waals surface area contributed by atoms with Crippen molar-refractivity contribution in [3.63, 3.8) is 0 Å². The molecule has 0 atom stereocenters. The first kappa shape index (κ1) is 23.9. The number of rotatable bonds is 9. The number of aromatic nitrogens is 3. The summed E-state index contributed by atoms with van der Waals surface area (Å²) in [6.45, 7) is 8.57. The average Bonchev–Trinajstić information content (AvgIpc) is 3.39. The number of nitrogens with one attached hydrogen (secondary N) is 1. The molecule has 3 rings (SSSR count). The number of aromatic amines is 1. The molecule has 0 saturated carbocycles. The molecule has 0 fully saturated rings. The number of thiophene rings is 1. The van der Waals surface area contributed by atoms with E-state index >= 15 is 0 Å². The second-order valence-corrected chi connectivity index (χ2v) is 10.00. The molecule has 0 aliphatic heterocycles. The van der Waals surface area contributed by atoms with E-state index in [1.54, 1.807) is 18.3 Å². The van der Waals surface area contributed by atoms with Gasteiger partial charge < -0.3 is 5.73 Å². The van der Waals surface area contributed by atoms with Crippen LogP contribution in [-0.2, 0) is 6.54 Å². The van der Waals surface area contributed by atoms with Crippen LogP contribution in [0.2, 0.25) is 0 Å². The van der Waals surface area contributed by atoms with Gasteiger partial charge in [0.25, 0.3) is 11.5 Å². The van der Waals surface area contributed by atoms with Crippen molar-refractivity contribution in [3.05, 3.63) is 48.9 Å². The molecule has 0 spiro atoms. The number of hydrogen-bond donors (Lipinski definition) is 2. The summed E-state index contributed by atoms with van der Waals surface area (Å²) < 4.78 is 1.34. The van der Waals surface area contributed by atoms with Gasteiger partial charge in [-0.1, -0.05) is 33.3 Å². The summed E-state index contributed by atoms with van der Waals surface area (Å²) in [5.41, 5.74) is 5.72. The van der Waals surface area contributed by atoms with E-state index in [-0.39, 0.29) is 17.4 Å². The average molecular weight is 476 g/mol. The zero-order valence-electron chi connectivity index (χ0n) is 18.8. The minimum atomic E-state index is -0.655. The highest BCUT2D eigenvalue weighted by Crippen LogP contribution is 2.33. The molecule has 0 saturated heterocycles. The molecular weight excluding hydrogens is 446 g/mol. The van der Waals surface area contributed by atoms with Gasteiger partial charge >= 0.3 is 5.69 Å². The van der Waals surface area contributed by atoms with Crippen molar-refractivity contribution >= 4 is 40.1 Å². The zero-order chi connectivity index (χ0) is 23.4. The minimum Gasteiger partial charge on any atom is -0.383 e. The number of carbonyl (C=O) groups is 1. The second kappa shape index (κ2) is 10.3. The van der Waals surface area contributed by atoms with Gasteiger partial charge in [0.05, 0.1) is 10.6 Å². The van der Waals surface area contributed by atoms with Gasteiger partial charge in [-0.15, -0.1) is 22.7 Å². The molecule has 1 amide bonds. The van der Waals surface area contributed by atoms with E-state index in [2.05, 4.69) is 9.97 Å². The van der Waals surface area contributed by atoms with Crippen molar-refractivity contribution in [3.8, 4) is 9.88 Å². The number of amides is 1. The van der Waals surface area contributed by atoms with Gasteiger partial charge in [-0.2, -0.15) is 0 Å². The molecular formula is C22H29N5O3S2. The van der Waals surface area contributed by atoms with E-state index in [0.29, 0.717) is 36.0 Å². The Morgan fingerprint density at radius 1 is 1.34 bits per heavy atom. The summed E-state index contributed by atoms with van der Waals surface area (Å²) in [6, 6.07) is 3.90. The van der Waals surface area contributed by atoms with Crippen LogP contribution in [0, 0.1) is 12.8 Å². The maximum Gasteiger partial charge on any atom is 0.330 e. The quantitative estimate of drug-likeness (QED) is 0.483. The monoisotopic (exact) mass is 475 g/mol. The third kappa shape index (κ3) is 5.02. The van der Waals surface area contributed by atoms with Crippen LogP contribution in [-0.4, -0.2) is 27.0 Å². The van der Waals surface area contributed by atoms with Crippen LogP contribution in [0.5, 0.6) is 0 Å². The topological polar surface area (TPSA) is 114 Å². The third-order valence-electron chi connectivity index (χ3n) is 5.12.